The normalized spacial score (nSPS) is 23.1. The molecule has 0 saturated heterocycles. The van der Waals surface area contributed by atoms with Crippen LogP contribution >= 0.6 is 0 Å². The summed E-state index contributed by atoms with van der Waals surface area (Å²) in [6.45, 7) is 4.60. The molecule has 2 unspecified atom stereocenters. The van der Waals surface area contributed by atoms with Crippen molar-refractivity contribution in [2.75, 3.05) is 11.1 Å². The van der Waals surface area contributed by atoms with Crippen LogP contribution in [0.4, 0.5) is 11.4 Å². The van der Waals surface area contributed by atoms with Gasteiger partial charge in [0.25, 0.3) is 0 Å². The molecule has 0 spiro atoms. The number of nitrogens with zero attached hydrogens (tertiary/aromatic N) is 1. The van der Waals surface area contributed by atoms with Crippen LogP contribution in [0.1, 0.15) is 45.1 Å². The summed E-state index contributed by atoms with van der Waals surface area (Å²) in [5.74, 6) is 1.40. The summed E-state index contributed by atoms with van der Waals surface area (Å²) in [6, 6.07) is 8.12. The van der Waals surface area contributed by atoms with Crippen LogP contribution in [0.5, 0.6) is 0 Å². The highest BCUT2D eigenvalue weighted by atomic mass is 14.9. The van der Waals surface area contributed by atoms with E-state index < -0.39 is 0 Å². The summed E-state index contributed by atoms with van der Waals surface area (Å²) in [6.07, 6.45) is 5.13. The molecule has 2 atom stereocenters. The first-order valence-corrected chi connectivity index (χ1v) is 7.18. The van der Waals surface area contributed by atoms with Crippen LogP contribution in [0, 0.1) is 23.2 Å². The molecule has 1 aromatic rings. The van der Waals surface area contributed by atoms with Crippen molar-refractivity contribution in [3.63, 3.8) is 0 Å². The predicted octanol–water partition coefficient (Wildman–Crippen LogP) is 3.77. The summed E-state index contributed by atoms with van der Waals surface area (Å²) >= 11 is 0. The lowest BCUT2D eigenvalue weighted by molar-refractivity contribution is 0.254. The number of benzene rings is 1. The zero-order valence-electron chi connectivity index (χ0n) is 11.8. The number of nitrogen functional groups attached to an aromatic ring is 1. The second-order valence-corrected chi connectivity index (χ2v) is 5.86. The second-order valence-electron chi connectivity index (χ2n) is 5.86. The monoisotopic (exact) mass is 257 g/mol. The Bertz CT molecular complexity index is 473. The molecule has 2 rings (SSSR count). The Balaban J connectivity index is 2.13. The number of nitrogens with two attached hydrogens (primary N) is 1. The quantitative estimate of drug-likeness (QED) is 0.810. The summed E-state index contributed by atoms with van der Waals surface area (Å²) in [4.78, 5) is 0. The van der Waals surface area contributed by atoms with Gasteiger partial charge in [-0.2, -0.15) is 5.26 Å². The van der Waals surface area contributed by atoms with Gasteiger partial charge in [-0.3, -0.25) is 0 Å². The Morgan fingerprint density at radius 2 is 2.05 bits per heavy atom. The minimum absolute atomic E-state index is 0.504. The minimum atomic E-state index is 0.504. The lowest BCUT2D eigenvalue weighted by Crippen LogP contribution is -2.35. The molecular formula is C16H23N3. The highest BCUT2D eigenvalue weighted by Gasteiger charge is 2.27. The maximum absolute atomic E-state index is 8.86. The van der Waals surface area contributed by atoms with Crippen molar-refractivity contribution < 1.29 is 0 Å². The third-order valence-electron chi connectivity index (χ3n) is 4.20. The van der Waals surface area contributed by atoms with Gasteiger partial charge in [-0.1, -0.05) is 26.7 Å². The Labute approximate surface area is 115 Å². The van der Waals surface area contributed by atoms with E-state index in [-0.39, 0.29) is 0 Å². The molecule has 1 aliphatic rings. The van der Waals surface area contributed by atoms with Crippen LogP contribution < -0.4 is 11.1 Å². The first-order chi connectivity index (χ1) is 9.11. The van der Waals surface area contributed by atoms with E-state index in [1.807, 2.05) is 12.1 Å². The number of hydrogen-bond acceptors (Lipinski definition) is 3. The summed E-state index contributed by atoms with van der Waals surface area (Å²) < 4.78 is 0. The Morgan fingerprint density at radius 3 is 2.68 bits per heavy atom. The van der Waals surface area contributed by atoms with E-state index in [4.69, 9.17) is 11.0 Å². The van der Waals surface area contributed by atoms with Crippen LogP contribution in [0.25, 0.3) is 0 Å². The van der Waals surface area contributed by atoms with Gasteiger partial charge in [0.2, 0.25) is 0 Å². The van der Waals surface area contributed by atoms with Crippen molar-refractivity contribution >= 4 is 11.4 Å². The van der Waals surface area contributed by atoms with E-state index in [1.54, 1.807) is 6.07 Å². The molecule has 3 heteroatoms. The van der Waals surface area contributed by atoms with Crippen LogP contribution in [-0.4, -0.2) is 6.04 Å². The lowest BCUT2D eigenvalue weighted by atomic mass is 9.77. The number of rotatable bonds is 3. The smallest absolute Gasteiger partial charge is 0.0992 e. The SMILES string of the molecule is CC(C)C1CCCCC1Nc1ccc(C#N)cc1N. The highest BCUT2D eigenvalue weighted by molar-refractivity contribution is 5.68. The van der Waals surface area contributed by atoms with Gasteiger partial charge in [-0.25, -0.2) is 0 Å². The molecule has 19 heavy (non-hydrogen) atoms. The molecular weight excluding hydrogens is 234 g/mol. The standard InChI is InChI=1S/C16H23N3/c1-11(2)13-5-3-4-6-15(13)19-16-8-7-12(10-17)9-14(16)18/h7-9,11,13,15,19H,3-6,18H2,1-2H3. The van der Waals surface area contributed by atoms with Crippen molar-refractivity contribution in [2.45, 2.75) is 45.6 Å². The maximum Gasteiger partial charge on any atom is 0.0992 e. The molecule has 3 N–H and O–H groups in total. The fourth-order valence-corrected chi connectivity index (χ4v) is 3.10. The zero-order chi connectivity index (χ0) is 13.8. The van der Waals surface area contributed by atoms with Gasteiger partial charge in [0.1, 0.15) is 0 Å². The molecule has 0 heterocycles. The van der Waals surface area contributed by atoms with Gasteiger partial charge >= 0.3 is 0 Å². The van der Waals surface area contributed by atoms with E-state index in [9.17, 15) is 0 Å². The molecule has 1 fully saturated rings. The van der Waals surface area contributed by atoms with Crippen molar-refractivity contribution in [1.29, 1.82) is 5.26 Å². The fraction of sp³-hybridized carbons (Fsp3) is 0.562. The van der Waals surface area contributed by atoms with Gasteiger partial charge < -0.3 is 11.1 Å². The second kappa shape index (κ2) is 5.97. The van der Waals surface area contributed by atoms with Crippen molar-refractivity contribution in [3.05, 3.63) is 23.8 Å². The minimum Gasteiger partial charge on any atom is -0.397 e. The molecule has 0 radical (unpaired) electrons. The molecule has 3 nitrogen and oxygen atoms in total. The van der Waals surface area contributed by atoms with Crippen LogP contribution in [0.3, 0.4) is 0 Å². The van der Waals surface area contributed by atoms with Crippen molar-refractivity contribution in [3.8, 4) is 6.07 Å². The molecule has 1 saturated carbocycles. The molecule has 0 aliphatic heterocycles. The molecule has 102 valence electrons. The summed E-state index contributed by atoms with van der Waals surface area (Å²) in [7, 11) is 0. The third-order valence-corrected chi connectivity index (χ3v) is 4.20. The van der Waals surface area contributed by atoms with Crippen molar-refractivity contribution in [2.24, 2.45) is 11.8 Å². The van der Waals surface area contributed by atoms with E-state index in [0.29, 0.717) is 29.1 Å². The predicted molar refractivity (Wildman–Crippen MR) is 79.8 cm³/mol. The third kappa shape index (κ3) is 3.20. The average Bonchev–Trinajstić information content (AvgIpc) is 2.41. The number of nitriles is 1. The van der Waals surface area contributed by atoms with Crippen LogP contribution in [0.15, 0.2) is 18.2 Å². The molecule has 0 aromatic heterocycles. The Hall–Kier alpha value is -1.69. The van der Waals surface area contributed by atoms with Gasteiger partial charge in [-0.05, 0) is 42.9 Å². The molecule has 0 amide bonds. The van der Waals surface area contributed by atoms with E-state index >= 15 is 0 Å². The Kier molecular flexibility index (Phi) is 4.31. The lowest BCUT2D eigenvalue weighted by Gasteiger charge is -2.35. The van der Waals surface area contributed by atoms with Crippen LogP contribution in [0.2, 0.25) is 0 Å². The topological polar surface area (TPSA) is 61.8 Å². The first kappa shape index (κ1) is 13.7. The largest absolute Gasteiger partial charge is 0.397 e. The molecule has 1 aliphatic carbocycles. The zero-order valence-corrected chi connectivity index (χ0v) is 11.8. The van der Waals surface area contributed by atoms with Gasteiger partial charge in [-0.15, -0.1) is 0 Å². The average molecular weight is 257 g/mol. The maximum atomic E-state index is 8.86. The van der Waals surface area contributed by atoms with E-state index in [2.05, 4.69) is 25.2 Å². The van der Waals surface area contributed by atoms with Crippen molar-refractivity contribution in [1.82, 2.24) is 0 Å². The highest BCUT2D eigenvalue weighted by Crippen LogP contribution is 2.33. The van der Waals surface area contributed by atoms with Crippen LogP contribution in [-0.2, 0) is 0 Å². The first-order valence-electron chi connectivity index (χ1n) is 7.18. The van der Waals surface area contributed by atoms with Gasteiger partial charge in [0.15, 0.2) is 0 Å². The summed E-state index contributed by atoms with van der Waals surface area (Å²) in [5, 5.41) is 12.5. The van der Waals surface area contributed by atoms with Gasteiger partial charge in [0.05, 0.1) is 23.0 Å². The van der Waals surface area contributed by atoms with E-state index in [1.165, 1.54) is 25.7 Å². The number of nitrogens with one attached hydrogen (secondary N) is 1. The number of hydrogen-bond donors (Lipinski definition) is 2. The van der Waals surface area contributed by atoms with E-state index in [0.717, 1.165) is 5.69 Å². The Morgan fingerprint density at radius 1 is 1.32 bits per heavy atom. The summed E-state index contributed by atoms with van der Waals surface area (Å²) in [5.41, 5.74) is 8.28. The van der Waals surface area contributed by atoms with Gasteiger partial charge in [0, 0.05) is 6.04 Å². The molecule has 0 bridgehead atoms. The fourth-order valence-electron chi connectivity index (χ4n) is 3.10. The molecule has 1 aromatic carbocycles. The number of anilines is 2.